The van der Waals surface area contributed by atoms with Gasteiger partial charge in [-0.25, -0.2) is 0 Å². The molecule has 35 heavy (non-hydrogen) atoms. The third kappa shape index (κ3) is 6.16. The van der Waals surface area contributed by atoms with Gasteiger partial charge >= 0.3 is 0 Å². The van der Waals surface area contributed by atoms with Crippen molar-refractivity contribution in [1.29, 1.82) is 0 Å². The largest absolute Gasteiger partial charge is 0.384 e. The van der Waals surface area contributed by atoms with E-state index >= 15 is 0 Å². The summed E-state index contributed by atoms with van der Waals surface area (Å²) in [7, 11) is 0. The number of hydrogen-bond donors (Lipinski definition) is 2. The molecule has 0 radical (unpaired) electrons. The van der Waals surface area contributed by atoms with Gasteiger partial charge in [0.2, 0.25) is 17.7 Å². The van der Waals surface area contributed by atoms with E-state index in [9.17, 15) is 19.5 Å². The highest BCUT2D eigenvalue weighted by molar-refractivity contribution is 6.30. The van der Waals surface area contributed by atoms with Gasteiger partial charge in [-0.2, -0.15) is 0 Å². The lowest BCUT2D eigenvalue weighted by atomic mass is 9.66. The van der Waals surface area contributed by atoms with Gasteiger partial charge in [-0.15, -0.1) is 0 Å². The Bertz CT molecular complexity index is 930. The van der Waals surface area contributed by atoms with Crippen LogP contribution in [0.4, 0.5) is 0 Å². The maximum Gasteiger partial charge on any atom is 0.234 e. The number of benzene rings is 1. The zero-order chi connectivity index (χ0) is 26.0. The molecule has 0 aromatic heterocycles. The summed E-state index contributed by atoms with van der Waals surface area (Å²) in [5, 5.41) is 15.2. The number of rotatable bonds is 6. The molecule has 0 spiro atoms. The molecule has 0 saturated carbocycles. The third-order valence-electron chi connectivity index (χ3n) is 7.80. The Balaban J connectivity index is 1.54. The summed E-state index contributed by atoms with van der Waals surface area (Å²) >= 11 is 6.02. The van der Waals surface area contributed by atoms with Gasteiger partial charge in [0.25, 0.3) is 0 Å². The summed E-state index contributed by atoms with van der Waals surface area (Å²) in [6.07, 6.45) is 0.424. The predicted molar refractivity (Wildman–Crippen MR) is 136 cm³/mol. The molecule has 2 N–H and O–H groups in total. The van der Waals surface area contributed by atoms with Gasteiger partial charge in [-0.3, -0.25) is 19.3 Å². The van der Waals surface area contributed by atoms with Gasteiger partial charge in [-0.05, 0) is 31.0 Å². The Morgan fingerprint density at radius 1 is 1.03 bits per heavy atom. The summed E-state index contributed by atoms with van der Waals surface area (Å²) in [6.45, 7) is 12.9. The molecule has 1 unspecified atom stereocenters. The number of nitrogens with zero attached hydrogens (tertiary/aromatic N) is 3. The molecule has 194 valence electrons. The first kappa shape index (κ1) is 27.4. The van der Waals surface area contributed by atoms with Crippen LogP contribution in [0.3, 0.4) is 0 Å². The average molecular weight is 507 g/mol. The van der Waals surface area contributed by atoms with Crippen LogP contribution in [0, 0.1) is 11.3 Å². The monoisotopic (exact) mass is 506 g/mol. The lowest BCUT2D eigenvalue weighted by Crippen LogP contribution is -2.58. The second kappa shape index (κ2) is 10.8. The lowest BCUT2D eigenvalue weighted by Gasteiger charge is -2.51. The Labute approximate surface area is 213 Å². The Morgan fingerprint density at radius 2 is 1.63 bits per heavy atom. The van der Waals surface area contributed by atoms with Crippen LogP contribution in [0.2, 0.25) is 5.02 Å². The first-order valence-electron chi connectivity index (χ1n) is 12.4. The molecule has 3 atom stereocenters. The quantitative estimate of drug-likeness (QED) is 0.616. The minimum atomic E-state index is -1.07. The van der Waals surface area contributed by atoms with E-state index in [0.717, 1.165) is 5.56 Å². The van der Waals surface area contributed by atoms with Gasteiger partial charge < -0.3 is 20.2 Å². The molecule has 1 aromatic rings. The van der Waals surface area contributed by atoms with Gasteiger partial charge in [0, 0.05) is 62.7 Å². The van der Waals surface area contributed by atoms with Gasteiger partial charge in [0.05, 0.1) is 18.1 Å². The van der Waals surface area contributed by atoms with E-state index in [4.69, 9.17) is 11.6 Å². The van der Waals surface area contributed by atoms with Crippen molar-refractivity contribution in [2.24, 2.45) is 11.3 Å². The van der Waals surface area contributed by atoms with Crippen molar-refractivity contribution in [1.82, 2.24) is 20.0 Å². The normalized spacial score (nSPS) is 24.5. The van der Waals surface area contributed by atoms with Crippen LogP contribution in [0.25, 0.3) is 0 Å². The average Bonchev–Trinajstić information content (AvgIpc) is 2.80. The summed E-state index contributed by atoms with van der Waals surface area (Å²) in [6, 6.07) is 6.92. The molecule has 1 aromatic carbocycles. The molecule has 2 fully saturated rings. The summed E-state index contributed by atoms with van der Waals surface area (Å²) in [5.41, 5.74) is -0.830. The lowest BCUT2D eigenvalue weighted by molar-refractivity contribution is -0.156. The number of aliphatic hydroxyl groups is 1. The van der Waals surface area contributed by atoms with Crippen molar-refractivity contribution in [2.75, 3.05) is 45.8 Å². The fraction of sp³-hybridized carbons (Fsp3) is 0.654. The minimum absolute atomic E-state index is 0.0286. The van der Waals surface area contributed by atoms with E-state index in [-0.39, 0.29) is 30.3 Å². The topological polar surface area (TPSA) is 93.2 Å². The molecule has 3 rings (SSSR count). The summed E-state index contributed by atoms with van der Waals surface area (Å²) in [4.78, 5) is 43.0. The molecular formula is C26H39ClN4O4. The zero-order valence-corrected chi connectivity index (χ0v) is 22.3. The number of amides is 3. The van der Waals surface area contributed by atoms with Gasteiger partial charge in [0.15, 0.2) is 0 Å². The maximum absolute atomic E-state index is 13.3. The highest BCUT2D eigenvalue weighted by Gasteiger charge is 2.50. The number of halogens is 1. The van der Waals surface area contributed by atoms with Crippen LogP contribution in [-0.4, -0.2) is 89.4 Å². The fourth-order valence-corrected chi connectivity index (χ4v) is 5.25. The van der Waals surface area contributed by atoms with Crippen molar-refractivity contribution in [3.05, 3.63) is 34.9 Å². The first-order valence-corrected chi connectivity index (χ1v) is 12.8. The van der Waals surface area contributed by atoms with E-state index in [0.29, 0.717) is 50.7 Å². The first-order chi connectivity index (χ1) is 16.3. The Kier molecular flexibility index (Phi) is 8.50. The van der Waals surface area contributed by atoms with E-state index in [1.807, 2.05) is 44.7 Å². The minimum Gasteiger partial charge on any atom is -0.384 e. The van der Waals surface area contributed by atoms with Crippen LogP contribution in [-0.2, 0) is 20.0 Å². The summed E-state index contributed by atoms with van der Waals surface area (Å²) in [5.74, 6) is -0.489. The van der Waals surface area contributed by atoms with Crippen molar-refractivity contribution in [2.45, 2.75) is 52.7 Å². The molecule has 2 heterocycles. The molecule has 0 aliphatic carbocycles. The SMILES string of the molecule is CC(=O)N1CCN(CC(=O)NC(C)[C@@H](C)C(=O)N2CC[C@](O)(c3ccc(Cl)cc3)C(C)(C)C2)CC1. The van der Waals surface area contributed by atoms with Gasteiger partial charge in [0.1, 0.15) is 0 Å². The molecule has 2 aliphatic heterocycles. The van der Waals surface area contributed by atoms with E-state index in [1.54, 1.807) is 28.9 Å². The Morgan fingerprint density at radius 3 is 2.17 bits per heavy atom. The standard InChI is InChI=1S/C26H39ClN4O4/c1-18(19(2)28-23(33)16-29-12-14-30(15-13-29)20(3)32)24(34)31-11-10-26(35,25(4,5)17-31)21-6-8-22(27)9-7-21/h6-9,18-19,35H,10-17H2,1-5H3,(H,28,33)/t18-,19?,26+/m1/s1. The fourth-order valence-electron chi connectivity index (χ4n) is 5.12. The number of likely N-dealkylation sites (tertiary alicyclic amines) is 1. The Hall–Kier alpha value is -2.16. The highest BCUT2D eigenvalue weighted by Crippen LogP contribution is 2.46. The highest BCUT2D eigenvalue weighted by atomic mass is 35.5. The third-order valence-corrected chi connectivity index (χ3v) is 8.05. The van der Waals surface area contributed by atoms with Gasteiger partial charge in [-0.1, -0.05) is 44.5 Å². The van der Waals surface area contributed by atoms with Crippen LogP contribution in [0.1, 0.15) is 46.6 Å². The number of piperazine rings is 1. The smallest absolute Gasteiger partial charge is 0.234 e. The maximum atomic E-state index is 13.3. The van der Waals surface area contributed by atoms with Crippen molar-refractivity contribution < 1.29 is 19.5 Å². The van der Waals surface area contributed by atoms with Crippen molar-refractivity contribution >= 4 is 29.3 Å². The molecule has 2 saturated heterocycles. The number of nitrogens with one attached hydrogen (secondary N) is 1. The number of piperidine rings is 1. The molecule has 0 bridgehead atoms. The van der Waals surface area contributed by atoms with Crippen LogP contribution in [0.15, 0.2) is 24.3 Å². The second-order valence-electron chi connectivity index (χ2n) is 10.7. The predicted octanol–water partition coefficient (Wildman–Crippen LogP) is 2.09. The number of carbonyl (C=O) groups excluding carboxylic acids is 3. The van der Waals surface area contributed by atoms with E-state index in [1.165, 1.54) is 0 Å². The molecular weight excluding hydrogens is 468 g/mol. The number of carbonyl (C=O) groups is 3. The van der Waals surface area contributed by atoms with Crippen LogP contribution < -0.4 is 5.32 Å². The van der Waals surface area contributed by atoms with Crippen molar-refractivity contribution in [3.63, 3.8) is 0 Å². The molecule has 2 aliphatic rings. The van der Waals surface area contributed by atoms with E-state index in [2.05, 4.69) is 5.32 Å². The number of hydrogen-bond acceptors (Lipinski definition) is 5. The van der Waals surface area contributed by atoms with Crippen molar-refractivity contribution in [3.8, 4) is 0 Å². The zero-order valence-electron chi connectivity index (χ0n) is 21.5. The molecule has 8 nitrogen and oxygen atoms in total. The van der Waals surface area contributed by atoms with E-state index < -0.39 is 16.9 Å². The summed E-state index contributed by atoms with van der Waals surface area (Å²) < 4.78 is 0. The van der Waals surface area contributed by atoms with Crippen LogP contribution >= 0.6 is 11.6 Å². The molecule has 9 heteroatoms. The second-order valence-corrected chi connectivity index (χ2v) is 11.1. The van der Waals surface area contributed by atoms with Crippen LogP contribution in [0.5, 0.6) is 0 Å². The molecule has 3 amide bonds.